The van der Waals surface area contributed by atoms with Crippen LogP contribution < -0.4 is 15.8 Å². The van der Waals surface area contributed by atoms with E-state index in [2.05, 4.69) is 15.3 Å². The van der Waals surface area contributed by atoms with Crippen LogP contribution in [0.15, 0.2) is 77.9 Å². The molecule has 8 heteroatoms. The van der Waals surface area contributed by atoms with Crippen molar-refractivity contribution in [2.24, 2.45) is 10.7 Å². The molecule has 144 valence electrons. The number of aromatic nitrogens is 1. The number of benzene rings is 2. The van der Waals surface area contributed by atoms with Crippen molar-refractivity contribution in [2.45, 2.75) is 12.8 Å². The van der Waals surface area contributed by atoms with Crippen LogP contribution in [0.3, 0.4) is 0 Å². The number of hydrogen-bond donors (Lipinski definition) is 2. The number of aliphatic imine (C=N–C) groups is 1. The van der Waals surface area contributed by atoms with Gasteiger partial charge in [-0.3, -0.25) is 0 Å². The van der Waals surface area contributed by atoms with Crippen molar-refractivity contribution in [3.05, 3.63) is 84.1 Å². The molecule has 1 heterocycles. The van der Waals surface area contributed by atoms with Crippen LogP contribution in [0, 0.1) is 0 Å². The minimum atomic E-state index is -4.39. The fourth-order valence-corrected chi connectivity index (χ4v) is 2.35. The summed E-state index contributed by atoms with van der Waals surface area (Å²) in [7, 11) is 0. The highest BCUT2D eigenvalue weighted by Crippen LogP contribution is 2.30. The van der Waals surface area contributed by atoms with E-state index in [-0.39, 0.29) is 11.8 Å². The third-order valence-electron chi connectivity index (χ3n) is 3.70. The first kappa shape index (κ1) is 19.2. The number of alkyl halides is 3. The molecule has 0 radical (unpaired) electrons. The predicted molar refractivity (Wildman–Crippen MR) is 101 cm³/mol. The molecule has 0 aliphatic rings. The smallest absolute Gasteiger partial charge is 0.416 e. The first-order chi connectivity index (χ1) is 13.4. The van der Waals surface area contributed by atoms with Crippen LogP contribution in [0.5, 0.6) is 5.75 Å². The summed E-state index contributed by atoms with van der Waals surface area (Å²) in [5.74, 6) is 0.668. The Hall–Kier alpha value is -3.55. The Morgan fingerprint density at radius 3 is 2.39 bits per heavy atom. The van der Waals surface area contributed by atoms with Gasteiger partial charge in [-0.05, 0) is 42.0 Å². The summed E-state index contributed by atoms with van der Waals surface area (Å²) < 4.78 is 43.6. The third-order valence-corrected chi connectivity index (χ3v) is 3.70. The maximum atomic E-state index is 12.6. The van der Waals surface area contributed by atoms with Crippen LogP contribution in [-0.4, -0.2) is 10.9 Å². The molecule has 3 rings (SSSR count). The lowest BCUT2D eigenvalue weighted by Gasteiger charge is -2.10. The van der Waals surface area contributed by atoms with Gasteiger partial charge in [-0.2, -0.15) is 18.2 Å². The predicted octanol–water partition coefficient (Wildman–Crippen LogP) is 4.74. The van der Waals surface area contributed by atoms with Crippen LogP contribution in [0.2, 0.25) is 0 Å². The molecule has 0 atom stereocenters. The number of ether oxygens (including phenoxy) is 1. The Kier molecular flexibility index (Phi) is 5.78. The maximum absolute atomic E-state index is 12.6. The van der Waals surface area contributed by atoms with E-state index in [1.807, 2.05) is 30.3 Å². The zero-order valence-corrected chi connectivity index (χ0v) is 14.6. The third kappa shape index (κ3) is 5.23. The second-order valence-corrected chi connectivity index (χ2v) is 5.80. The molecule has 0 saturated carbocycles. The summed E-state index contributed by atoms with van der Waals surface area (Å²) in [6, 6.07) is 17.5. The van der Waals surface area contributed by atoms with Gasteiger partial charge in [0.1, 0.15) is 6.61 Å². The summed E-state index contributed by atoms with van der Waals surface area (Å²) in [4.78, 5) is 8.30. The lowest BCUT2D eigenvalue weighted by atomic mass is 10.2. The van der Waals surface area contributed by atoms with Crippen LogP contribution in [0.4, 0.5) is 24.7 Å². The van der Waals surface area contributed by atoms with E-state index >= 15 is 0 Å². The van der Waals surface area contributed by atoms with Gasteiger partial charge in [-0.15, -0.1) is 0 Å². The zero-order chi connectivity index (χ0) is 20.0. The molecule has 28 heavy (non-hydrogen) atoms. The van der Waals surface area contributed by atoms with E-state index < -0.39 is 11.7 Å². The lowest BCUT2D eigenvalue weighted by Crippen LogP contribution is -2.22. The van der Waals surface area contributed by atoms with Gasteiger partial charge in [0.25, 0.3) is 0 Å². The minimum Gasteiger partial charge on any atom is -0.485 e. The molecule has 1 aromatic heterocycles. The molecule has 0 fully saturated rings. The number of nitrogens with two attached hydrogens (primary N) is 1. The van der Waals surface area contributed by atoms with E-state index in [1.165, 1.54) is 12.1 Å². The molecule has 0 spiro atoms. The molecule has 3 N–H and O–H groups in total. The van der Waals surface area contributed by atoms with E-state index in [0.29, 0.717) is 18.0 Å². The number of rotatable bonds is 5. The number of guanidine groups is 1. The van der Waals surface area contributed by atoms with E-state index in [9.17, 15) is 13.2 Å². The lowest BCUT2D eigenvalue weighted by molar-refractivity contribution is -0.137. The quantitative estimate of drug-likeness (QED) is 0.491. The topological polar surface area (TPSA) is 72.5 Å². The molecule has 5 nitrogen and oxygen atoms in total. The van der Waals surface area contributed by atoms with E-state index in [4.69, 9.17) is 10.5 Å². The van der Waals surface area contributed by atoms with Gasteiger partial charge in [0.05, 0.1) is 5.56 Å². The summed E-state index contributed by atoms with van der Waals surface area (Å²) in [5, 5.41) is 2.73. The van der Waals surface area contributed by atoms with Crippen molar-refractivity contribution >= 4 is 17.5 Å². The number of halogens is 3. The Morgan fingerprint density at radius 2 is 1.71 bits per heavy atom. The first-order valence-corrected chi connectivity index (χ1v) is 8.32. The average Bonchev–Trinajstić information content (AvgIpc) is 2.68. The number of nitrogens with one attached hydrogen (secondary N) is 1. The van der Waals surface area contributed by atoms with Crippen molar-refractivity contribution in [1.29, 1.82) is 0 Å². The van der Waals surface area contributed by atoms with Crippen molar-refractivity contribution in [2.75, 3.05) is 5.32 Å². The number of pyridine rings is 1. The molecule has 0 saturated heterocycles. The largest absolute Gasteiger partial charge is 0.485 e. The molecular formula is C20H17F3N4O. The van der Waals surface area contributed by atoms with Gasteiger partial charge >= 0.3 is 6.18 Å². The van der Waals surface area contributed by atoms with Crippen LogP contribution in [0.1, 0.15) is 11.1 Å². The fraction of sp³-hybridized carbons (Fsp3) is 0.100. The van der Waals surface area contributed by atoms with Crippen molar-refractivity contribution in [3.8, 4) is 5.75 Å². The number of hydrogen-bond acceptors (Lipinski definition) is 3. The van der Waals surface area contributed by atoms with Crippen LogP contribution in [-0.2, 0) is 12.8 Å². The molecule has 0 unspecified atom stereocenters. The van der Waals surface area contributed by atoms with E-state index in [0.717, 1.165) is 17.7 Å². The standard InChI is InChI=1S/C20H17F3N4O/c21-20(22,23)15-8-10-16(11-9-15)26-19(24)27-18-17(7-4-12-25-18)28-13-14-5-2-1-3-6-14/h1-12H,13H2,(H3,24,25,26,27). The molecule has 2 aromatic carbocycles. The zero-order valence-electron chi connectivity index (χ0n) is 14.6. The second kappa shape index (κ2) is 8.43. The number of anilines is 1. The minimum absolute atomic E-state index is 0.0250. The van der Waals surface area contributed by atoms with E-state index in [1.54, 1.807) is 18.3 Å². The molecule has 3 aromatic rings. The Labute approximate surface area is 159 Å². The molecule has 0 aliphatic carbocycles. The average molecular weight is 386 g/mol. The highest BCUT2D eigenvalue weighted by molar-refractivity contribution is 5.94. The SMILES string of the molecule is N/C(=N\c1ncccc1OCc1ccccc1)Nc1ccc(C(F)(F)F)cc1. The molecule has 0 aliphatic heterocycles. The summed E-state index contributed by atoms with van der Waals surface area (Å²) in [6.07, 6.45) is -2.85. The van der Waals surface area contributed by atoms with Gasteiger partial charge in [-0.25, -0.2) is 4.98 Å². The Balaban J connectivity index is 1.70. The van der Waals surface area contributed by atoms with Gasteiger partial charge in [0.15, 0.2) is 17.5 Å². The van der Waals surface area contributed by atoms with Crippen molar-refractivity contribution in [3.63, 3.8) is 0 Å². The van der Waals surface area contributed by atoms with Gasteiger partial charge in [-0.1, -0.05) is 30.3 Å². The van der Waals surface area contributed by atoms with Gasteiger partial charge in [0.2, 0.25) is 0 Å². The normalized spacial score (nSPS) is 11.9. The Morgan fingerprint density at radius 1 is 1.00 bits per heavy atom. The highest BCUT2D eigenvalue weighted by atomic mass is 19.4. The number of nitrogens with zero attached hydrogens (tertiary/aromatic N) is 2. The summed E-state index contributed by atoms with van der Waals surface area (Å²) in [5.41, 5.74) is 6.47. The molecule has 0 amide bonds. The second-order valence-electron chi connectivity index (χ2n) is 5.80. The molecule has 0 bridgehead atoms. The van der Waals surface area contributed by atoms with Crippen LogP contribution in [0.25, 0.3) is 0 Å². The molecular weight excluding hydrogens is 369 g/mol. The fourth-order valence-electron chi connectivity index (χ4n) is 2.35. The highest BCUT2D eigenvalue weighted by Gasteiger charge is 2.29. The Bertz CT molecular complexity index is 942. The van der Waals surface area contributed by atoms with Crippen molar-refractivity contribution in [1.82, 2.24) is 4.98 Å². The first-order valence-electron chi connectivity index (χ1n) is 8.32. The summed E-state index contributed by atoms with van der Waals surface area (Å²) >= 11 is 0. The van der Waals surface area contributed by atoms with Gasteiger partial charge in [0, 0.05) is 11.9 Å². The van der Waals surface area contributed by atoms with Gasteiger partial charge < -0.3 is 15.8 Å². The summed E-state index contributed by atoms with van der Waals surface area (Å²) in [6.45, 7) is 0.335. The maximum Gasteiger partial charge on any atom is 0.416 e. The monoisotopic (exact) mass is 386 g/mol. The van der Waals surface area contributed by atoms with Crippen LogP contribution >= 0.6 is 0 Å². The van der Waals surface area contributed by atoms with Crippen molar-refractivity contribution < 1.29 is 17.9 Å².